The number of aromatic hydroxyl groups is 2. The fourth-order valence-corrected chi connectivity index (χ4v) is 3.17. The maximum atomic E-state index is 10.8. The highest BCUT2D eigenvalue weighted by molar-refractivity contribution is 5.79. The van der Waals surface area contributed by atoms with Crippen LogP contribution >= 0.6 is 0 Å². The van der Waals surface area contributed by atoms with Gasteiger partial charge in [-0.15, -0.1) is 0 Å². The SMILES string of the molecule is O=Cc1cc(COCCOCCOCCOCCOCCOCCOCc2ccc(O)c(C=O)c2)ccc1O. The van der Waals surface area contributed by atoms with E-state index in [1.165, 1.54) is 12.1 Å². The van der Waals surface area contributed by atoms with Crippen LogP contribution in [0.3, 0.4) is 0 Å². The van der Waals surface area contributed by atoms with Gasteiger partial charge in [0.2, 0.25) is 0 Å². The van der Waals surface area contributed by atoms with E-state index >= 15 is 0 Å². The van der Waals surface area contributed by atoms with Gasteiger partial charge in [0.25, 0.3) is 0 Å². The van der Waals surface area contributed by atoms with Gasteiger partial charge < -0.3 is 43.4 Å². The van der Waals surface area contributed by atoms with Gasteiger partial charge in [-0.25, -0.2) is 0 Å². The third-order valence-corrected chi connectivity index (χ3v) is 5.21. The molecule has 11 heteroatoms. The normalized spacial score (nSPS) is 11.1. The lowest BCUT2D eigenvalue weighted by Crippen LogP contribution is -2.14. The molecule has 0 heterocycles. The maximum Gasteiger partial charge on any atom is 0.153 e. The van der Waals surface area contributed by atoms with Gasteiger partial charge >= 0.3 is 0 Å². The summed E-state index contributed by atoms with van der Waals surface area (Å²) >= 11 is 0. The van der Waals surface area contributed by atoms with Gasteiger partial charge in [-0.3, -0.25) is 9.59 Å². The molecule has 216 valence electrons. The molecule has 0 unspecified atom stereocenters. The van der Waals surface area contributed by atoms with Crippen LogP contribution in [-0.4, -0.2) is 102 Å². The van der Waals surface area contributed by atoms with Crippen molar-refractivity contribution in [2.75, 3.05) is 79.3 Å². The van der Waals surface area contributed by atoms with Crippen molar-refractivity contribution >= 4 is 12.6 Å². The van der Waals surface area contributed by atoms with E-state index in [1.807, 2.05) is 0 Å². The molecule has 0 spiro atoms. The average Bonchev–Trinajstić information content (AvgIpc) is 2.95. The summed E-state index contributed by atoms with van der Waals surface area (Å²) in [7, 11) is 0. The van der Waals surface area contributed by atoms with E-state index in [0.717, 1.165) is 11.1 Å². The van der Waals surface area contributed by atoms with Crippen LogP contribution in [0.5, 0.6) is 11.5 Å². The van der Waals surface area contributed by atoms with Crippen molar-refractivity contribution < 1.29 is 53.0 Å². The van der Waals surface area contributed by atoms with Gasteiger partial charge in [0.05, 0.1) is 104 Å². The molecular formula is C28H38O11. The zero-order chi connectivity index (χ0) is 28.0. The molecule has 2 rings (SSSR count). The van der Waals surface area contributed by atoms with Gasteiger partial charge in [0.1, 0.15) is 11.5 Å². The Bertz CT molecular complexity index is 876. The van der Waals surface area contributed by atoms with Crippen molar-refractivity contribution in [3.05, 3.63) is 58.7 Å². The van der Waals surface area contributed by atoms with Crippen LogP contribution in [0.4, 0.5) is 0 Å². The topological polar surface area (TPSA) is 139 Å². The van der Waals surface area contributed by atoms with Crippen molar-refractivity contribution in [2.24, 2.45) is 0 Å². The van der Waals surface area contributed by atoms with E-state index in [2.05, 4.69) is 0 Å². The third-order valence-electron chi connectivity index (χ3n) is 5.21. The minimum Gasteiger partial charge on any atom is -0.507 e. The summed E-state index contributed by atoms with van der Waals surface area (Å²) in [4.78, 5) is 21.6. The van der Waals surface area contributed by atoms with Crippen LogP contribution in [0.1, 0.15) is 31.8 Å². The van der Waals surface area contributed by atoms with Gasteiger partial charge in [-0.05, 0) is 35.4 Å². The van der Waals surface area contributed by atoms with Gasteiger partial charge in [0.15, 0.2) is 12.6 Å². The number of phenols is 2. The largest absolute Gasteiger partial charge is 0.507 e. The quantitative estimate of drug-likeness (QED) is 0.147. The third kappa shape index (κ3) is 14.7. The molecular weight excluding hydrogens is 512 g/mol. The highest BCUT2D eigenvalue weighted by Crippen LogP contribution is 2.17. The molecule has 0 fully saturated rings. The maximum absolute atomic E-state index is 10.8. The smallest absolute Gasteiger partial charge is 0.153 e. The van der Waals surface area contributed by atoms with Crippen LogP contribution in [0.2, 0.25) is 0 Å². The standard InChI is InChI=1S/C28H38O11/c29-19-25-17-23(1-3-27(25)31)21-38-15-13-36-11-9-34-7-5-33-6-8-35-10-12-37-14-16-39-22-24-2-4-28(32)26(18-24)20-30/h1-4,17-20,31-32H,5-16,21-22H2. The number of hydrogen-bond acceptors (Lipinski definition) is 11. The van der Waals surface area contributed by atoms with E-state index in [1.54, 1.807) is 24.3 Å². The van der Waals surface area contributed by atoms with Crippen LogP contribution < -0.4 is 0 Å². The summed E-state index contributed by atoms with van der Waals surface area (Å²) in [6.07, 6.45) is 1.21. The summed E-state index contributed by atoms with van der Waals surface area (Å²) < 4.78 is 38.2. The molecule has 2 aromatic rings. The van der Waals surface area contributed by atoms with E-state index in [-0.39, 0.29) is 22.6 Å². The molecule has 0 radical (unpaired) electrons. The van der Waals surface area contributed by atoms with Gasteiger partial charge in [-0.1, -0.05) is 12.1 Å². The predicted molar refractivity (Wildman–Crippen MR) is 140 cm³/mol. The second-order valence-electron chi connectivity index (χ2n) is 8.19. The van der Waals surface area contributed by atoms with Gasteiger partial charge in [0, 0.05) is 0 Å². The Morgan fingerprint density at radius 1 is 0.462 bits per heavy atom. The number of benzene rings is 2. The lowest BCUT2D eigenvalue weighted by Gasteiger charge is -2.09. The van der Waals surface area contributed by atoms with E-state index in [0.29, 0.717) is 105 Å². The molecule has 2 aromatic carbocycles. The first-order valence-electron chi connectivity index (χ1n) is 12.7. The highest BCUT2D eigenvalue weighted by Gasteiger charge is 2.03. The van der Waals surface area contributed by atoms with Crippen LogP contribution in [0.25, 0.3) is 0 Å². The molecule has 11 nitrogen and oxygen atoms in total. The Hall–Kier alpha value is -2.90. The number of aldehydes is 2. The number of carbonyl (C=O) groups is 2. The summed E-state index contributed by atoms with van der Waals surface area (Å²) in [6, 6.07) is 9.53. The van der Waals surface area contributed by atoms with Crippen molar-refractivity contribution in [1.29, 1.82) is 0 Å². The highest BCUT2D eigenvalue weighted by atomic mass is 16.6. The zero-order valence-electron chi connectivity index (χ0n) is 22.1. The van der Waals surface area contributed by atoms with Gasteiger partial charge in [-0.2, -0.15) is 0 Å². The number of carbonyl (C=O) groups excluding carboxylic acids is 2. The molecule has 0 amide bonds. The molecule has 0 aliphatic carbocycles. The molecule has 0 bridgehead atoms. The molecule has 0 saturated carbocycles. The molecule has 0 aliphatic heterocycles. The van der Waals surface area contributed by atoms with Crippen LogP contribution in [-0.2, 0) is 46.4 Å². The predicted octanol–water partition coefficient (Wildman–Crippen LogP) is 2.54. The zero-order valence-corrected chi connectivity index (χ0v) is 22.1. The fourth-order valence-electron chi connectivity index (χ4n) is 3.17. The monoisotopic (exact) mass is 550 g/mol. The molecule has 0 atom stereocenters. The first-order chi connectivity index (χ1) is 19.1. The number of hydrogen-bond donors (Lipinski definition) is 2. The van der Waals surface area contributed by atoms with Crippen molar-refractivity contribution in [2.45, 2.75) is 13.2 Å². The van der Waals surface area contributed by atoms with Crippen LogP contribution in [0.15, 0.2) is 36.4 Å². The molecule has 0 aromatic heterocycles. The number of rotatable bonds is 24. The minimum absolute atomic E-state index is 0.0438. The van der Waals surface area contributed by atoms with E-state index in [9.17, 15) is 19.8 Å². The molecule has 39 heavy (non-hydrogen) atoms. The first kappa shape index (κ1) is 32.3. The summed E-state index contributed by atoms with van der Waals surface area (Å²) in [5.74, 6) is -0.0875. The lowest BCUT2D eigenvalue weighted by molar-refractivity contribution is -0.0217. The first-order valence-corrected chi connectivity index (χ1v) is 12.7. The Kier molecular flexibility index (Phi) is 17.4. The van der Waals surface area contributed by atoms with Crippen molar-refractivity contribution in [3.63, 3.8) is 0 Å². The lowest BCUT2D eigenvalue weighted by atomic mass is 10.1. The minimum atomic E-state index is -0.0438. The van der Waals surface area contributed by atoms with Crippen molar-refractivity contribution in [1.82, 2.24) is 0 Å². The second kappa shape index (κ2) is 21.0. The molecule has 0 aliphatic rings. The molecule has 2 N–H and O–H groups in total. The van der Waals surface area contributed by atoms with Crippen LogP contribution in [0, 0.1) is 0 Å². The summed E-state index contributed by atoms with van der Waals surface area (Å²) in [5.41, 5.74) is 2.09. The Morgan fingerprint density at radius 3 is 1.03 bits per heavy atom. The summed E-state index contributed by atoms with van der Waals surface area (Å²) in [5, 5.41) is 19.0. The number of phenolic OH excluding ortho intramolecular Hbond substituents is 2. The average molecular weight is 551 g/mol. The Balaban J connectivity index is 1.27. The number of ether oxygens (including phenoxy) is 7. The Morgan fingerprint density at radius 2 is 0.744 bits per heavy atom. The Labute approximate surface area is 228 Å². The molecule has 0 saturated heterocycles. The summed E-state index contributed by atoms with van der Waals surface area (Å²) in [6.45, 7) is 5.99. The second-order valence-corrected chi connectivity index (χ2v) is 8.19. The van der Waals surface area contributed by atoms with Crippen molar-refractivity contribution in [3.8, 4) is 11.5 Å². The van der Waals surface area contributed by atoms with E-state index in [4.69, 9.17) is 33.2 Å². The fraction of sp³-hybridized carbons (Fsp3) is 0.500. The van der Waals surface area contributed by atoms with E-state index < -0.39 is 0 Å².